The molecule has 0 unspecified atom stereocenters. The molecule has 1 saturated heterocycles. The summed E-state index contributed by atoms with van der Waals surface area (Å²) in [5.41, 5.74) is 7.74. The molecular weight excluding hydrogens is 558 g/mol. The van der Waals surface area contributed by atoms with Crippen molar-refractivity contribution in [1.29, 1.82) is 0 Å². The summed E-state index contributed by atoms with van der Waals surface area (Å²) in [5.74, 6) is -0.982. The van der Waals surface area contributed by atoms with Gasteiger partial charge in [-0.25, -0.2) is 13.2 Å². The Kier molecular flexibility index (Phi) is 7.35. The minimum absolute atomic E-state index is 0.217. The van der Waals surface area contributed by atoms with Crippen molar-refractivity contribution in [2.45, 2.75) is 39.8 Å². The van der Waals surface area contributed by atoms with Gasteiger partial charge in [0.25, 0.3) is 0 Å². The minimum atomic E-state index is -3.44. The fourth-order valence-corrected chi connectivity index (χ4v) is 6.48. The van der Waals surface area contributed by atoms with E-state index in [9.17, 15) is 18.3 Å². The molecule has 1 fully saturated rings. The summed E-state index contributed by atoms with van der Waals surface area (Å²) in [7, 11) is -3.44. The van der Waals surface area contributed by atoms with Gasteiger partial charge in [0, 0.05) is 29.0 Å². The zero-order chi connectivity index (χ0) is 29.6. The second-order valence-corrected chi connectivity index (χ2v) is 12.5. The number of thiocarbonyl (C=S) groups is 1. The van der Waals surface area contributed by atoms with E-state index in [2.05, 4.69) is 25.7 Å². The molecule has 1 aliphatic heterocycles. The van der Waals surface area contributed by atoms with E-state index < -0.39 is 16.0 Å². The quantitative estimate of drug-likeness (QED) is 0.247. The Labute approximate surface area is 244 Å². The van der Waals surface area contributed by atoms with E-state index >= 15 is 0 Å². The Balaban J connectivity index is 1.67. The maximum absolute atomic E-state index is 11.9. The lowest BCUT2D eigenvalue weighted by molar-refractivity contribution is 0.0697. The average molecular weight is 590 g/mol. The van der Waals surface area contributed by atoms with Gasteiger partial charge in [-0.15, -0.1) is 0 Å². The third kappa shape index (κ3) is 5.42. The number of carbonyl (C=O) groups is 1. The Morgan fingerprint density at radius 3 is 2.41 bits per heavy atom. The summed E-state index contributed by atoms with van der Waals surface area (Å²) in [6, 6.07) is 17.9. The topological polar surface area (TPSA) is 117 Å². The lowest BCUT2D eigenvalue weighted by Crippen LogP contribution is -2.29. The third-order valence-corrected chi connectivity index (χ3v) is 8.27. The summed E-state index contributed by atoms with van der Waals surface area (Å²) < 4.78 is 28.4. The largest absolute Gasteiger partial charge is 0.478 e. The first kappa shape index (κ1) is 28.3. The molecule has 2 aromatic heterocycles. The van der Waals surface area contributed by atoms with Crippen molar-refractivity contribution in [2.24, 2.45) is 0 Å². The van der Waals surface area contributed by atoms with Crippen LogP contribution in [0.25, 0.3) is 5.69 Å². The zero-order valence-electron chi connectivity index (χ0n) is 23.3. The number of hydrogen-bond donors (Lipinski definition) is 3. The van der Waals surface area contributed by atoms with Crippen LogP contribution in [0.5, 0.6) is 0 Å². The molecule has 3 N–H and O–H groups in total. The summed E-state index contributed by atoms with van der Waals surface area (Å²) >= 11 is 5.89. The van der Waals surface area contributed by atoms with E-state index in [0.29, 0.717) is 10.8 Å². The van der Waals surface area contributed by atoms with Crippen molar-refractivity contribution in [3.05, 3.63) is 106 Å². The molecule has 41 heavy (non-hydrogen) atoms. The average Bonchev–Trinajstić information content (AvgIpc) is 3.40. The van der Waals surface area contributed by atoms with E-state index in [1.54, 1.807) is 24.4 Å². The molecule has 5 rings (SSSR count). The first-order chi connectivity index (χ1) is 19.4. The monoisotopic (exact) mass is 589 g/mol. The lowest BCUT2D eigenvalue weighted by Gasteiger charge is -2.29. The van der Waals surface area contributed by atoms with Gasteiger partial charge >= 0.3 is 5.97 Å². The number of anilines is 2. The highest BCUT2D eigenvalue weighted by Gasteiger charge is 2.42. The highest BCUT2D eigenvalue weighted by atomic mass is 32.2. The van der Waals surface area contributed by atoms with Crippen molar-refractivity contribution in [3.63, 3.8) is 0 Å². The molecule has 212 valence electrons. The normalized spacial score (nSPS) is 17.0. The summed E-state index contributed by atoms with van der Waals surface area (Å²) in [5, 5.41) is 13.6. The highest BCUT2D eigenvalue weighted by molar-refractivity contribution is 7.92. The van der Waals surface area contributed by atoms with Crippen LogP contribution in [0.15, 0.2) is 66.9 Å². The predicted molar refractivity (Wildman–Crippen MR) is 165 cm³/mol. The van der Waals surface area contributed by atoms with E-state index in [4.69, 9.17) is 12.2 Å². The van der Waals surface area contributed by atoms with Crippen LogP contribution in [0.3, 0.4) is 0 Å². The lowest BCUT2D eigenvalue weighted by atomic mass is 9.96. The van der Waals surface area contributed by atoms with E-state index in [-0.39, 0.29) is 17.6 Å². The molecule has 0 bridgehead atoms. The molecule has 2 aromatic carbocycles. The third-order valence-electron chi connectivity index (χ3n) is 7.37. The number of carboxylic acids is 1. The van der Waals surface area contributed by atoms with Crippen LogP contribution in [-0.4, -0.2) is 40.4 Å². The molecule has 2 atom stereocenters. The van der Waals surface area contributed by atoms with E-state index in [1.165, 1.54) is 0 Å². The number of benzene rings is 2. The first-order valence-corrected chi connectivity index (χ1v) is 15.3. The number of sulfonamides is 1. The van der Waals surface area contributed by atoms with Crippen LogP contribution in [0.1, 0.15) is 56.2 Å². The van der Waals surface area contributed by atoms with Crippen LogP contribution >= 0.6 is 12.2 Å². The Morgan fingerprint density at radius 1 is 1.02 bits per heavy atom. The molecule has 11 heteroatoms. The van der Waals surface area contributed by atoms with Gasteiger partial charge in [0.05, 0.1) is 35.3 Å². The number of hydrogen-bond acceptors (Lipinski definition) is 5. The molecule has 9 nitrogen and oxygen atoms in total. The van der Waals surface area contributed by atoms with E-state index in [1.807, 2.05) is 69.0 Å². The van der Waals surface area contributed by atoms with Crippen LogP contribution in [0.2, 0.25) is 0 Å². The molecule has 0 spiro atoms. The maximum Gasteiger partial charge on any atom is 0.335 e. The van der Waals surface area contributed by atoms with Crippen molar-refractivity contribution in [2.75, 3.05) is 15.9 Å². The van der Waals surface area contributed by atoms with Gasteiger partial charge < -0.3 is 19.9 Å². The van der Waals surface area contributed by atoms with Crippen molar-refractivity contribution < 1.29 is 18.3 Å². The van der Waals surface area contributed by atoms with Crippen molar-refractivity contribution in [1.82, 2.24) is 14.9 Å². The van der Waals surface area contributed by atoms with Crippen LogP contribution < -0.4 is 14.9 Å². The SMILES string of the molecule is Cc1cc(N2C(=S)N[C@H](c3ccccn3)[C@H]2c2cc(C)n(-c3cc(C(=O)O)ccc3C)c2C)ccc1NS(C)(=O)=O. The number of aromatic nitrogens is 2. The zero-order valence-corrected chi connectivity index (χ0v) is 25.0. The number of carboxylic acid groups (broad SMARTS) is 1. The number of aromatic carboxylic acids is 1. The smallest absolute Gasteiger partial charge is 0.335 e. The standard InChI is InChI=1S/C30H31N5O4S2/c1-17-9-10-21(29(36)37)16-26(17)34-19(3)15-23(20(34)4)28-27(25-8-6-7-13-31-25)32-30(40)35(28)22-11-12-24(18(2)14-22)33-41(5,38)39/h6-16,27-28,33H,1-5H3,(H,32,40)(H,36,37)/t27-,28-/m1/s1. The molecule has 3 heterocycles. The fraction of sp³-hybridized carbons (Fsp3) is 0.233. The highest BCUT2D eigenvalue weighted by Crippen LogP contribution is 2.44. The summed E-state index contributed by atoms with van der Waals surface area (Å²) in [6.45, 7) is 7.83. The first-order valence-electron chi connectivity index (χ1n) is 13.0. The molecule has 0 radical (unpaired) electrons. The van der Waals surface area contributed by atoms with Gasteiger partial charge in [-0.2, -0.15) is 0 Å². The van der Waals surface area contributed by atoms with Crippen LogP contribution in [0.4, 0.5) is 11.4 Å². The number of pyridine rings is 1. The second kappa shape index (κ2) is 10.6. The van der Waals surface area contributed by atoms with Gasteiger partial charge in [0.15, 0.2) is 5.11 Å². The number of rotatable bonds is 7. The van der Waals surface area contributed by atoms with Crippen molar-refractivity contribution >= 4 is 44.7 Å². The molecule has 0 aliphatic carbocycles. The predicted octanol–water partition coefficient (Wildman–Crippen LogP) is 5.35. The number of nitrogens with one attached hydrogen (secondary N) is 2. The van der Waals surface area contributed by atoms with E-state index in [0.717, 1.165) is 51.4 Å². The summed E-state index contributed by atoms with van der Waals surface area (Å²) in [6.07, 6.45) is 2.87. The molecular formula is C30H31N5O4S2. The summed E-state index contributed by atoms with van der Waals surface area (Å²) in [4.78, 5) is 18.4. The van der Waals surface area contributed by atoms with Gasteiger partial charge in [-0.1, -0.05) is 12.1 Å². The van der Waals surface area contributed by atoms with Crippen LogP contribution in [0, 0.1) is 27.7 Å². The minimum Gasteiger partial charge on any atom is -0.478 e. The van der Waals surface area contributed by atoms with Crippen molar-refractivity contribution in [3.8, 4) is 5.69 Å². The van der Waals surface area contributed by atoms with Gasteiger partial charge in [-0.3, -0.25) is 9.71 Å². The number of nitrogens with zero attached hydrogens (tertiary/aromatic N) is 3. The van der Waals surface area contributed by atoms with Crippen LogP contribution in [-0.2, 0) is 10.0 Å². The van der Waals surface area contributed by atoms with Gasteiger partial charge in [0.2, 0.25) is 10.0 Å². The molecule has 0 saturated carbocycles. The number of aryl methyl sites for hydroxylation is 3. The second-order valence-electron chi connectivity index (χ2n) is 10.3. The van der Waals surface area contributed by atoms with Gasteiger partial charge in [0.1, 0.15) is 0 Å². The fourth-order valence-electron chi connectivity index (χ4n) is 5.50. The Hall–Kier alpha value is -4.22. The molecule has 1 aliphatic rings. The molecule has 4 aromatic rings. The Bertz CT molecular complexity index is 1780. The molecule has 0 amide bonds. The Morgan fingerprint density at radius 2 is 1.78 bits per heavy atom. The van der Waals surface area contributed by atoms with Gasteiger partial charge in [-0.05, 0) is 105 Å². The maximum atomic E-state index is 11.9.